The summed E-state index contributed by atoms with van der Waals surface area (Å²) >= 11 is 1.48. The third kappa shape index (κ3) is 2.33. The lowest BCUT2D eigenvalue weighted by Crippen LogP contribution is -2.03. The molecule has 0 aliphatic heterocycles. The van der Waals surface area contributed by atoms with Gasteiger partial charge in [0.25, 0.3) is 0 Å². The van der Waals surface area contributed by atoms with Gasteiger partial charge in [0, 0.05) is 0 Å². The molecule has 0 radical (unpaired) electrons. The van der Waals surface area contributed by atoms with Crippen LogP contribution in [0.15, 0.2) is 18.7 Å². The predicted molar refractivity (Wildman–Crippen MR) is 74.7 cm³/mol. The first-order chi connectivity index (χ1) is 9.21. The maximum atomic E-state index is 11.7. The number of carbonyl (C=O) groups excluding carboxylic acids is 1. The molecule has 3 rings (SSSR count). The summed E-state index contributed by atoms with van der Waals surface area (Å²) in [5, 5.41) is 0.817. The number of carbonyl (C=O) groups is 1. The van der Waals surface area contributed by atoms with Gasteiger partial charge in [-0.2, -0.15) is 0 Å². The first-order valence-corrected chi connectivity index (χ1v) is 6.85. The lowest BCUT2D eigenvalue weighted by atomic mass is 10.2. The van der Waals surface area contributed by atoms with E-state index in [2.05, 4.69) is 11.6 Å². The van der Waals surface area contributed by atoms with E-state index in [1.807, 2.05) is 0 Å². The second kappa shape index (κ2) is 4.66. The van der Waals surface area contributed by atoms with Gasteiger partial charge in [-0.15, -0.1) is 11.3 Å². The van der Waals surface area contributed by atoms with Gasteiger partial charge in [0.2, 0.25) is 0 Å². The van der Waals surface area contributed by atoms with Crippen LogP contribution in [0.2, 0.25) is 0 Å². The third-order valence-corrected chi connectivity index (χ3v) is 3.89. The molecule has 1 saturated carbocycles. The molecule has 98 valence electrons. The molecule has 1 fully saturated rings. The summed E-state index contributed by atoms with van der Waals surface area (Å²) in [7, 11) is 1.37. The second-order valence-corrected chi connectivity index (χ2v) is 5.45. The van der Waals surface area contributed by atoms with Crippen LogP contribution in [0.3, 0.4) is 0 Å². The lowest BCUT2D eigenvalue weighted by molar-refractivity contribution is 0.0600. The van der Waals surface area contributed by atoms with Gasteiger partial charge >= 0.3 is 5.97 Å². The highest BCUT2D eigenvalue weighted by Gasteiger charge is 2.25. The van der Waals surface area contributed by atoms with Crippen LogP contribution < -0.4 is 4.74 Å². The highest BCUT2D eigenvalue weighted by Crippen LogP contribution is 2.35. The minimum absolute atomic E-state index is 0.255. The molecule has 1 aliphatic carbocycles. The average molecular weight is 275 g/mol. The Bertz CT molecular complexity index is 658. The molecule has 1 aromatic heterocycles. The van der Waals surface area contributed by atoms with Crippen molar-refractivity contribution in [3.63, 3.8) is 0 Å². The van der Waals surface area contributed by atoms with E-state index in [1.165, 1.54) is 18.4 Å². The molecule has 19 heavy (non-hydrogen) atoms. The fraction of sp³-hybridized carbons (Fsp3) is 0.286. The Balaban J connectivity index is 2.13. The Morgan fingerprint density at radius 1 is 1.53 bits per heavy atom. The molecule has 0 spiro atoms. The standard InChI is InChI=1S/C14H13NO3S/c1-3-12-15-13-10(18-9-4-5-9)6-8(14(16)17-2)7-11(13)19-12/h3,6-7,9H,1,4-5H2,2H3. The van der Waals surface area contributed by atoms with E-state index in [0.717, 1.165) is 28.1 Å². The Morgan fingerprint density at radius 2 is 2.32 bits per heavy atom. The Morgan fingerprint density at radius 3 is 2.95 bits per heavy atom. The SMILES string of the molecule is C=Cc1nc2c(OC3CC3)cc(C(=O)OC)cc2s1. The highest BCUT2D eigenvalue weighted by molar-refractivity contribution is 7.19. The molecule has 1 heterocycles. The minimum atomic E-state index is -0.365. The van der Waals surface area contributed by atoms with Gasteiger partial charge in [-0.1, -0.05) is 6.58 Å². The van der Waals surface area contributed by atoms with Crippen LogP contribution in [0.4, 0.5) is 0 Å². The number of thiazole rings is 1. The largest absolute Gasteiger partial charge is 0.488 e. The molecule has 4 nitrogen and oxygen atoms in total. The quantitative estimate of drug-likeness (QED) is 0.803. The zero-order chi connectivity index (χ0) is 13.4. The van der Waals surface area contributed by atoms with Crippen LogP contribution in [-0.4, -0.2) is 24.2 Å². The monoisotopic (exact) mass is 275 g/mol. The van der Waals surface area contributed by atoms with Crippen molar-refractivity contribution in [2.24, 2.45) is 0 Å². The predicted octanol–water partition coefficient (Wildman–Crippen LogP) is 3.27. The van der Waals surface area contributed by atoms with Crippen LogP contribution in [0.25, 0.3) is 16.3 Å². The number of methoxy groups -OCH3 is 1. The zero-order valence-electron chi connectivity index (χ0n) is 10.5. The Kier molecular flexibility index (Phi) is 2.98. The number of hydrogen-bond acceptors (Lipinski definition) is 5. The molecule has 0 unspecified atom stereocenters. The van der Waals surface area contributed by atoms with E-state index in [0.29, 0.717) is 11.3 Å². The van der Waals surface area contributed by atoms with Crippen molar-refractivity contribution in [1.82, 2.24) is 4.98 Å². The van der Waals surface area contributed by atoms with Gasteiger partial charge in [-0.3, -0.25) is 0 Å². The first kappa shape index (κ1) is 12.2. The van der Waals surface area contributed by atoms with Crippen molar-refractivity contribution in [2.45, 2.75) is 18.9 Å². The van der Waals surface area contributed by atoms with Gasteiger partial charge < -0.3 is 9.47 Å². The van der Waals surface area contributed by atoms with Crippen molar-refractivity contribution in [2.75, 3.05) is 7.11 Å². The van der Waals surface area contributed by atoms with Crippen LogP contribution in [0, 0.1) is 0 Å². The van der Waals surface area contributed by atoms with Crippen LogP contribution in [-0.2, 0) is 4.74 Å². The van der Waals surface area contributed by atoms with Crippen LogP contribution >= 0.6 is 11.3 Å². The minimum Gasteiger partial charge on any atom is -0.488 e. The number of ether oxygens (including phenoxy) is 2. The summed E-state index contributed by atoms with van der Waals surface area (Å²) in [5.41, 5.74) is 1.28. The molecule has 1 aliphatic rings. The Labute approximate surface area is 114 Å². The maximum Gasteiger partial charge on any atom is 0.338 e. The summed E-state index contributed by atoms with van der Waals surface area (Å²) in [6.45, 7) is 3.72. The second-order valence-electron chi connectivity index (χ2n) is 4.39. The Hall–Kier alpha value is -1.88. The van der Waals surface area contributed by atoms with Gasteiger partial charge in [0.05, 0.1) is 23.5 Å². The third-order valence-electron chi connectivity index (χ3n) is 2.89. The van der Waals surface area contributed by atoms with Crippen LogP contribution in [0.1, 0.15) is 28.2 Å². The molecule has 1 aromatic carbocycles. The molecule has 0 N–H and O–H groups in total. The van der Waals surface area contributed by atoms with E-state index < -0.39 is 0 Å². The number of benzene rings is 1. The van der Waals surface area contributed by atoms with Crippen molar-refractivity contribution >= 4 is 33.6 Å². The molecular formula is C14H13NO3S. The number of nitrogens with zero attached hydrogens (tertiary/aromatic N) is 1. The van der Waals surface area contributed by atoms with Gasteiger partial charge in [0.15, 0.2) is 0 Å². The molecular weight excluding hydrogens is 262 g/mol. The first-order valence-electron chi connectivity index (χ1n) is 6.03. The van der Waals surface area contributed by atoms with Crippen molar-refractivity contribution in [3.8, 4) is 5.75 Å². The topological polar surface area (TPSA) is 48.4 Å². The van der Waals surface area contributed by atoms with E-state index in [4.69, 9.17) is 9.47 Å². The number of aromatic nitrogens is 1. The lowest BCUT2D eigenvalue weighted by Gasteiger charge is -2.07. The zero-order valence-corrected chi connectivity index (χ0v) is 11.3. The maximum absolute atomic E-state index is 11.7. The average Bonchev–Trinajstić information content (AvgIpc) is 3.13. The van der Waals surface area contributed by atoms with E-state index >= 15 is 0 Å². The fourth-order valence-electron chi connectivity index (χ4n) is 1.79. The smallest absolute Gasteiger partial charge is 0.338 e. The van der Waals surface area contributed by atoms with Gasteiger partial charge in [0.1, 0.15) is 16.3 Å². The van der Waals surface area contributed by atoms with E-state index in [1.54, 1.807) is 18.2 Å². The number of hydrogen-bond donors (Lipinski definition) is 0. The normalized spacial score (nSPS) is 14.4. The number of rotatable bonds is 4. The van der Waals surface area contributed by atoms with Gasteiger partial charge in [-0.05, 0) is 31.1 Å². The number of esters is 1. The molecule has 0 bridgehead atoms. The van der Waals surface area contributed by atoms with Crippen molar-refractivity contribution in [3.05, 3.63) is 29.3 Å². The molecule has 0 amide bonds. The summed E-state index contributed by atoms with van der Waals surface area (Å²) in [6, 6.07) is 3.49. The molecule has 0 saturated heterocycles. The van der Waals surface area contributed by atoms with Crippen LogP contribution in [0.5, 0.6) is 5.75 Å². The van der Waals surface area contributed by atoms with Crippen molar-refractivity contribution in [1.29, 1.82) is 0 Å². The van der Waals surface area contributed by atoms with E-state index in [-0.39, 0.29) is 12.1 Å². The molecule has 5 heteroatoms. The summed E-state index contributed by atoms with van der Waals surface area (Å²) < 4.78 is 11.5. The fourth-order valence-corrected chi connectivity index (χ4v) is 2.67. The van der Waals surface area contributed by atoms with Gasteiger partial charge in [-0.25, -0.2) is 9.78 Å². The highest BCUT2D eigenvalue weighted by atomic mass is 32.1. The summed E-state index contributed by atoms with van der Waals surface area (Å²) in [5.74, 6) is 0.292. The molecule has 2 aromatic rings. The van der Waals surface area contributed by atoms with E-state index in [9.17, 15) is 4.79 Å². The van der Waals surface area contributed by atoms with Crippen molar-refractivity contribution < 1.29 is 14.3 Å². The number of fused-ring (bicyclic) bond motifs is 1. The summed E-state index contributed by atoms with van der Waals surface area (Å²) in [4.78, 5) is 16.1. The summed E-state index contributed by atoms with van der Waals surface area (Å²) in [6.07, 6.45) is 4.07. The molecule has 0 atom stereocenters.